The number of carbonyl (C=O) groups is 1. The number of carbonyl (C=O) groups excluding carboxylic acids is 1. The fourth-order valence-electron chi connectivity index (χ4n) is 3.41. The molecule has 1 amide bonds. The summed E-state index contributed by atoms with van der Waals surface area (Å²) in [5.74, 6) is 0.584. The Hall–Kier alpha value is -1.40. The molecule has 3 rings (SSSR count). The summed E-state index contributed by atoms with van der Waals surface area (Å²) in [5, 5.41) is 10.5. The lowest BCUT2D eigenvalue weighted by atomic mass is 9.94. The van der Waals surface area contributed by atoms with Crippen LogP contribution in [0.4, 0.5) is 0 Å². The first-order valence-corrected chi connectivity index (χ1v) is 8.32. The largest absolute Gasteiger partial charge is 0.381 e. The molecule has 22 heavy (non-hydrogen) atoms. The number of rotatable bonds is 4. The van der Waals surface area contributed by atoms with E-state index in [2.05, 4.69) is 26.5 Å². The van der Waals surface area contributed by atoms with Crippen molar-refractivity contribution in [3.63, 3.8) is 0 Å². The van der Waals surface area contributed by atoms with Gasteiger partial charge in [0, 0.05) is 37.4 Å². The predicted molar refractivity (Wildman–Crippen MR) is 83.7 cm³/mol. The lowest BCUT2D eigenvalue weighted by Crippen LogP contribution is -2.46. The summed E-state index contributed by atoms with van der Waals surface area (Å²) in [6, 6.07) is 2.41. The molecule has 6 nitrogen and oxygen atoms in total. The van der Waals surface area contributed by atoms with E-state index in [1.165, 1.54) is 0 Å². The number of piperidine rings is 1. The van der Waals surface area contributed by atoms with Crippen LogP contribution in [0.2, 0.25) is 0 Å². The van der Waals surface area contributed by atoms with Gasteiger partial charge in [0.1, 0.15) is 0 Å². The molecule has 0 saturated carbocycles. The number of ether oxygens (including phenoxy) is 1. The van der Waals surface area contributed by atoms with Gasteiger partial charge in [0.2, 0.25) is 5.91 Å². The second kappa shape index (κ2) is 7.24. The molecule has 3 heterocycles. The molecule has 6 heteroatoms. The third kappa shape index (κ3) is 4.08. The number of aromatic amines is 1. The smallest absolute Gasteiger partial charge is 0.234 e. The van der Waals surface area contributed by atoms with E-state index in [0.717, 1.165) is 63.4 Å². The van der Waals surface area contributed by atoms with Crippen LogP contribution in [0.3, 0.4) is 0 Å². The number of nitrogens with zero attached hydrogens (tertiary/aromatic N) is 2. The number of nitrogens with one attached hydrogen (secondary N) is 2. The van der Waals surface area contributed by atoms with Crippen LogP contribution >= 0.6 is 0 Å². The molecule has 0 bridgehead atoms. The summed E-state index contributed by atoms with van der Waals surface area (Å²) in [5.41, 5.74) is 2.23. The van der Waals surface area contributed by atoms with Crippen LogP contribution in [0.1, 0.15) is 43.0 Å². The Bertz CT molecular complexity index is 496. The second-order valence-electron chi connectivity index (χ2n) is 6.50. The summed E-state index contributed by atoms with van der Waals surface area (Å²) in [6.07, 6.45) is 4.14. The number of H-pyrrole nitrogens is 1. The SMILES string of the molecule is Cc1cc(C2CCCN(CC(=O)NC3CCOCC3)C2)n[nH]1. The van der Waals surface area contributed by atoms with Gasteiger partial charge in [-0.2, -0.15) is 5.10 Å². The number of hydrogen-bond donors (Lipinski definition) is 2. The van der Waals surface area contributed by atoms with Crippen molar-refractivity contribution in [3.8, 4) is 0 Å². The summed E-state index contributed by atoms with van der Waals surface area (Å²) in [6.45, 7) is 5.97. The zero-order valence-corrected chi connectivity index (χ0v) is 13.3. The quantitative estimate of drug-likeness (QED) is 0.877. The minimum atomic E-state index is 0.144. The third-order valence-corrected chi connectivity index (χ3v) is 4.60. The van der Waals surface area contributed by atoms with Gasteiger partial charge in [-0.25, -0.2) is 0 Å². The number of aryl methyl sites for hydroxylation is 1. The monoisotopic (exact) mass is 306 g/mol. The zero-order valence-electron chi connectivity index (χ0n) is 13.3. The van der Waals surface area contributed by atoms with Gasteiger partial charge < -0.3 is 10.1 Å². The molecule has 0 spiro atoms. The molecular formula is C16H26N4O2. The molecule has 0 aromatic carbocycles. The van der Waals surface area contributed by atoms with Gasteiger partial charge in [-0.1, -0.05) is 0 Å². The molecule has 122 valence electrons. The molecule has 2 fully saturated rings. The lowest BCUT2D eigenvalue weighted by Gasteiger charge is -2.32. The Morgan fingerprint density at radius 3 is 3.00 bits per heavy atom. The van der Waals surface area contributed by atoms with Gasteiger partial charge in [-0.3, -0.25) is 14.8 Å². The van der Waals surface area contributed by atoms with E-state index in [9.17, 15) is 4.79 Å². The van der Waals surface area contributed by atoms with Crippen molar-refractivity contribution in [2.24, 2.45) is 0 Å². The zero-order chi connectivity index (χ0) is 15.4. The van der Waals surface area contributed by atoms with E-state index >= 15 is 0 Å². The molecule has 0 radical (unpaired) electrons. The first kappa shape index (κ1) is 15.5. The van der Waals surface area contributed by atoms with Crippen molar-refractivity contribution >= 4 is 5.91 Å². The van der Waals surface area contributed by atoms with Gasteiger partial charge in [-0.05, 0) is 45.2 Å². The van der Waals surface area contributed by atoms with Crippen LogP contribution in [0.5, 0.6) is 0 Å². The highest BCUT2D eigenvalue weighted by Crippen LogP contribution is 2.25. The molecule has 2 aliphatic rings. The fraction of sp³-hybridized carbons (Fsp3) is 0.750. The van der Waals surface area contributed by atoms with Gasteiger partial charge in [0.15, 0.2) is 0 Å². The van der Waals surface area contributed by atoms with Crippen molar-refractivity contribution < 1.29 is 9.53 Å². The van der Waals surface area contributed by atoms with E-state index in [0.29, 0.717) is 12.5 Å². The van der Waals surface area contributed by atoms with Crippen LogP contribution in [0, 0.1) is 6.92 Å². The Morgan fingerprint density at radius 2 is 2.27 bits per heavy atom. The lowest BCUT2D eigenvalue weighted by molar-refractivity contribution is -0.123. The molecule has 1 aromatic rings. The Kier molecular flexibility index (Phi) is 5.10. The van der Waals surface area contributed by atoms with E-state index in [1.54, 1.807) is 0 Å². The Labute approximate surface area is 131 Å². The molecule has 2 N–H and O–H groups in total. The van der Waals surface area contributed by atoms with Crippen molar-refractivity contribution in [3.05, 3.63) is 17.5 Å². The van der Waals surface area contributed by atoms with Gasteiger partial charge in [0.05, 0.1) is 12.2 Å². The van der Waals surface area contributed by atoms with Gasteiger partial charge in [0.25, 0.3) is 0 Å². The molecule has 0 aliphatic carbocycles. The van der Waals surface area contributed by atoms with Crippen LogP contribution in [-0.2, 0) is 9.53 Å². The second-order valence-corrected chi connectivity index (χ2v) is 6.50. The highest BCUT2D eigenvalue weighted by Gasteiger charge is 2.25. The number of amides is 1. The molecule has 1 atom stereocenters. The normalized spacial score (nSPS) is 24.3. The fourth-order valence-corrected chi connectivity index (χ4v) is 3.41. The maximum absolute atomic E-state index is 12.2. The van der Waals surface area contributed by atoms with E-state index < -0.39 is 0 Å². The van der Waals surface area contributed by atoms with Crippen molar-refractivity contribution in [2.45, 2.75) is 44.6 Å². The molecule has 2 aliphatic heterocycles. The minimum absolute atomic E-state index is 0.144. The maximum atomic E-state index is 12.2. The first-order valence-electron chi connectivity index (χ1n) is 8.32. The van der Waals surface area contributed by atoms with Crippen LogP contribution < -0.4 is 5.32 Å². The van der Waals surface area contributed by atoms with Gasteiger partial charge in [-0.15, -0.1) is 0 Å². The van der Waals surface area contributed by atoms with Crippen LogP contribution in [-0.4, -0.2) is 59.9 Å². The van der Waals surface area contributed by atoms with E-state index in [-0.39, 0.29) is 11.9 Å². The number of aromatic nitrogens is 2. The number of hydrogen-bond acceptors (Lipinski definition) is 4. The summed E-state index contributed by atoms with van der Waals surface area (Å²) < 4.78 is 5.32. The highest BCUT2D eigenvalue weighted by molar-refractivity contribution is 5.78. The van der Waals surface area contributed by atoms with Crippen molar-refractivity contribution in [2.75, 3.05) is 32.8 Å². The van der Waals surface area contributed by atoms with Crippen LogP contribution in [0.25, 0.3) is 0 Å². The molecular weight excluding hydrogens is 280 g/mol. The minimum Gasteiger partial charge on any atom is -0.381 e. The molecule has 2 saturated heterocycles. The highest BCUT2D eigenvalue weighted by atomic mass is 16.5. The predicted octanol–water partition coefficient (Wildman–Crippen LogP) is 1.19. The topological polar surface area (TPSA) is 70.2 Å². The average molecular weight is 306 g/mol. The summed E-state index contributed by atoms with van der Waals surface area (Å²) in [7, 11) is 0. The third-order valence-electron chi connectivity index (χ3n) is 4.60. The molecule has 1 unspecified atom stereocenters. The van der Waals surface area contributed by atoms with Crippen LogP contribution in [0.15, 0.2) is 6.07 Å². The summed E-state index contributed by atoms with van der Waals surface area (Å²) >= 11 is 0. The maximum Gasteiger partial charge on any atom is 0.234 e. The Balaban J connectivity index is 1.48. The Morgan fingerprint density at radius 1 is 1.45 bits per heavy atom. The molecule has 1 aromatic heterocycles. The van der Waals surface area contributed by atoms with Crippen molar-refractivity contribution in [1.29, 1.82) is 0 Å². The first-order chi connectivity index (χ1) is 10.7. The average Bonchev–Trinajstić information content (AvgIpc) is 2.95. The standard InChI is InChI=1S/C16H26N4O2/c1-12-9-15(19-18-12)13-3-2-6-20(10-13)11-16(21)17-14-4-7-22-8-5-14/h9,13-14H,2-8,10-11H2,1H3,(H,17,21)(H,18,19). The van der Waals surface area contributed by atoms with E-state index in [1.807, 2.05) is 6.92 Å². The van der Waals surface area contributed by atoms with Crippen molar-refractivity contribution in [1.82, 2.24) is 20.4 Å². The van der Waals surface area contributed by atoms with Gasteiger partial charge >= 0.3 is 0 Å². The number of likely N-dealkylation sites (tertiary alicyclic amines) is 1. The van der Waals surface area contributed by atoms with E-state index in [4.69, 9.17) is 4.74 Å². The summed E-state index contributed by atoms with van der Waals surface area (Å²) in [4.78, 5) is 14.5.